The second-order valence-corrected chi connectivity index (χ2v) is 4.19. The molecule has 1 aliphatic heterocycles. The molecule has 0 saturated carbocycles. The quantitative estimate of drug-likeness (QED) is 0.802. The van der Waals surface area contributed by atoms with Crippen LogP contribution in [0.4, 0.5) is 0 Å². The van der Waals surface area contributed by atoms with Crippen LogP contribution in [-0.4, -0.2) is 12.5 Å². The highest BCUT2D eigenvalue weighted by Gasteiger charge is 2.28. The van der Waals surface area contributed by atoms with E-state index >= 15 is 0 Å². The van der Waals surface area contributed by atoms with Crippen LogP contribution in [0.3, 0.4) is 0 Å². The van der Waals surface area contributed by atoms with Gasteiger partial charge in [-0.3, -0.25) is 4.79 Å². The first kappa shape index (κ1) is 10.2. The van der Waals surface area contributed by atoms with Gasteiger partial charge in [-0.2, -0.15) is 0 Å². The van der Waals surface area contributed by atoms with E-state index in [1.807, 2.05) is 6.07 Å². The SMILES string of the molecule is CC[C@H](c1ccccc1)[C@H]1CNC(=O)C1. The summed E-state index contributed by atoms with van der Waals surface area (Å²) in [6, 6.07) is 10.5. The lowest BCUT2D eigenvalue weighted by atomic mass is 9.83. The van der Waals surface area contributed by atoms with E-state index in [9.17, 15) is 4.79 Å². The predicted molar refractivity (Wildman–Crippen MR) is 60.6 cm³/mol. The zero-order valence-corrected chi connectivity index (χ0v) is 9.07. The van der Waals surface area contributed by atoms with Crippen molar-refractivity contribution in [2.45, 2.75) is 25.7 Å². The minimum Gasteiger partial charge on any atom is -0.356 e. The Morgan fingerprint density at radius 3 is 2.67 bits per heavy atom. The van der Waals surface area contributed by atoms with Crippen LogP contribution in [0.5, 0.6) is 0 Å². The molecule has 1 fully saturated rings. The molecule has 15 heavy (non-hydrogen) atoms. The molecule has 1 aromatic carbocycles. The Kier molecular flexibility index (Phi) is 3.05. The van der Waals surface area contributed by atoms with Gasteiger partial charge < -0.3 is 5.32 Å². The van der Waals surface area contributed by atoms with Gasteiger partial charge in [0.1, 0.15) is 0 Å². The first-order valence-corrected chi connectivity index (χ1v) is 5.63. The predicted octanol–water partition coefficient (Wildman–Crippen LogP) is 2.32. The van der Waals surface area contributed by atoms with Crippen LogP contribution in [0.15, 0.2) is 30.3 Å². The summed E-state index contributed by atoms with van der Waals surface area (Å²) < 4.78 is 0. The maximum absolute atomic E-state index is 11.2. The molecule has 2 rings (SSSR count). The normalized spacial score (nSPS) is 22.5. The van der Waals surface area contributed by atoms with E-state index in [1.54, 1.807) is 0 Å². The van der Waals surface area contributed by atoms with Crippen LogP contribution >= 0.6 is 0 Å². The van der Waals surface area contributed by atoms with Gasteiger partial charge in [-0.1, -0.05) is 37.3 Å². The van der Waals surface area contributed by atoms with Crippen molar-refractivity contribution in [3.63, 3.8) is 0 Å². The minimum atomic E-state index is 0.203. The maximum atomic E-state index is 11.2. The number of nitrogens with one attached hydrogen (secondary N) is 1. The van der Waals surface area contributed by atoms with Crippen LogP contribution in [0, 0.1) is 5.92 Å². The van der Waals surface area contributed by atoms with Crippen LogP contribution < -0.4 is 5.32 Å². The number of carbonyl (C=O) groups is 1. The van der Waals surface area contributed by atoms with Gasteiger partial charge in [-0.05, 0) is 23.8 Å². The fourth-order valence-electron chi connectivity index (χ4n) is 2.45. The highest BCUT2D eigenvalue weighted by molar-refractivity contribution is 5.78. The number of carbonyl (C=O) groups excluding carboxylic acids is 1. The molecule has 1 saturated heterocycles. The third kappa shape index (κ3) is 2.20. The smallest absolute Gasteiger partial charge is 0.220 e. The third-order valence-electron chi connectivity index (χ3n) is 3.25. The van der Waals surface area contributed by atoms with Gasteiger partial charge in [0.05, 0.1) is 0 Å². The summed E-state index contributed by atoms with van der Waals surface area (Å²) in [7, 11) is 0. The molecule has 1 N–H and O–H groups in total. The second-order valence-electron chi connectivity index (χ2n) is 4.19. The van der Waals surface area contributed by atoms with Gasteiger partial charge in [0.25, 0.3) is 0 Å². The molecule has 1 heterocycles. The van der Waals surface area contributed by atoms with Gasteiger partial charge in [0, 0.05) is 13.0 Å². The molecule has 0 bridgehead atoms. The summed E-state index contributed by atoms with van der Waals surface area (Å²) in [5, 5.41) is 2.92. The number of amides is 1. The topological polar surface area (TPSA) is 29.1 Å². The molecule has 80 valence electrons. The van der Waals surface area contributed by atoms with Gasteiger partial charge >= 0.3 is 0 Å². The van der Waals surface area contributed by atoms with Crippen molar-refractivity contribution in [2.75, 3.05) is 6.54 Å². The van der Waals surface area contributed by atoms with E-state index in [1.165, 1.54) is 5.56 Å². The molecule has 0 radical (unpaired) electrons. The van der Waals surface area contributed by atoms with Crippen molar-refractivity contribution in [1.29, 1.82) is 0 Å². The summed E-state index contributed by atoms with van der Waals surface area (Å²) in [5.41, 5.74) is 1.36. The monoisotopic (exact) mass is 203 g/mol. The highest BCUT2D eigenvalue weighted by atomic mass is 16.1. The Balaban J connectivity index is 2.14. The molecule has 1 amide bonds. The zero-order valence-electron chi connectivity index (χ0n) is 9.07. The van der Waals surface area contributed by atoms with E-state index in [-0.39, 0.29) is 5.91 Å². The van der Waals surface area contributed by atoms with Gasteiger partial charge in [0.15, 0.2) is 0 Å². The number of rotatable bonds is 3. The average Bonchev–Trinajstić information content (AvgIpc) is 2.68. The summed E-state index contributed by atoms with van der Waals surface area (Å²) in [5.74, 6) is 1.20. The molecule has 0 aliphatic carbocycles. The lowest BCUT2D eigenvalue weighted by molar-refractivity contribution is -0.119. The molecule has 0 unspecified atom stereocenters. The van der Waals surface area contributed by atoms with E-state index in [4.69, 9.17) is 0 Å². The van der Waals surface area contributed by atoms with E-state index in [0.717, 1.165) is 13.0 Å². The van der Waals surface area contributed by atoms with Crippen molar-refractivity contribution in [3.05, 3.63) is 35.9 Å². The van der Waals surface area contributed by atoms with E-state index in [2.05, 4.69) is 36.5 Å². The summed E-state index contributed by atoms with van der Waals surface area (Å²) in [4.78, 5) is 11.2. The number of benzene rings is 1. The fraction of sp³-hybridized carbons (Fsp3) is 0.462. The van der Waals surface area contributed by atoms with Gasteiger partial charge in [-0.25, -0.2) is 0 Å². The second kappa shape index (κ2) is 4.47. The van der Waals surface area contributed by atoms with Crippen molar-refractivity contribution in [3.8, 4) is 0 Å². The van der Waals surface area contributed by atoms with Gasteiger partial charge in [0.2, 0.25) is 5.91 Å². The standard InChI is InChI=1S/C13H17NO/c1-2-12(10-6-4-3-5-7-10)11-8-13(15)14-9-11/h3-7,11-12H,2,8-9H2,1H3,(H,14,15)/t11-,12-/m1/s1. The molecule has 0 spiro atoms. The lowest BCUT2D eigenvalue weighted by Gasteiger charge is -2.20. The third-order valence-corrected chi connectivity index (χ3v) is 3.25. The van der Waals surface area contributed by atoms with Crippen molar-refractivity contribution in [2.24, 2.45) is 5.92 Å². The molecule has 2 nitrogen and oxygen atoms in total. The Hall–Kier alpha value is -1.31. The molecule has 1 aliphatic rings. The highest BCUT2D eigenvalue weighted by Crippen LogP contribution is 2.31. The number of hydrogen-bond acceptors (Lipinski definition) is 1. The summed E-state index contributed by atoms with van der Waals surface area (Å²) in [6.07, 6.45) is 1.79. The van der Waals surface area contributed by atoms with Crippen molar-refractivity contribution in [1.82, 2.24) is 5.32 Å². The summed E-state index contributed by atoms with van der Waals surface area (Å²) >= 11 is 0. The van der Waals surface area contributed by atoms with Crippen LogP contribution in [0.2, 0.25) is 0 Å². The van der Waals surface area contributed by atoms with E-state index < -0.39 is 0 Å². The molecular formula is C13H17NO. The molecular weight excluding hydrogens is 186 g/mol. The molecule has 1 aromatic rings. The maximum Gasteiger partial charge on any atom is 0.220 e. The Bertz CT molecular complexity index is 334. The first-order valence-electron chi connectivity index (χ1n) is 5.63. The molecule has 2 heteroatoms. The van der Waals surface area contributed by atoms with E-state index in [0.29, 0.717) is 18.3 Å². The van der Waals surface area contributed by atoms with Crippen molar-refractivity contribution >= 4 is 5.91 Å². The molecule has 0 aromatic heterocycles. The minimum absolute atomic E-state index is 0.203. The lowest BCUT2D eigenvalue weighted by Crippen LogP contribution is -2.17. The Morgan fingerprint density at radius 1 is 1.40 bits per heavy atom. The first-order chi connectivity index (χ1) is 7.31. The largest absolute Gasteiger partial charge is 0.356 e. The van der Waals surface area contributed by atoms with Gasteiger partial charge in [-0.15, -0.1) is 0 Å². The van der Waals surface area contributed by atoms with Crippen LogP contribution in [0.1, 0.15) is 31.2 Å². The zero-order chi connectivity index (χ0) is 10.7. The molecule has 2 atom stereocenters. The van der Waals surface area contributed by atoms with Crippen LogP contribution in [-0.2, 0) is 4.79 Å². The number of hydrogen-bond donors (Lipinski definition) is 1. The summed E-state index contributed by atoms with van der Waals surface area (Å²) in [6.45, 7) is 3.03. The Labute approximate surface area is 90.7 Å². The van der Waals surface area contributed by atoms with Crippen molar-refractivity contribution < 1.29 is 4.79 Å². The average molecular weight is 203 g/mol. The fourth-order valence-corrected chi connectivity index (χ4v) is 2.45. The Morgan fingerprint density at radius 2 is 2.13 bits per heavy atom. The van der Waals surface area contributed by atoms with Crippen LogP contribution in [0.25, 0.3) is 0 Å².